The summed E-state index contributed by atoms with van der Waals surface area (Å²) in [4.78, 5) is 21.9. The maximum atomic E-state index is 12.8. The lowest BCUT2D eigenvalue weighted by atomic mass is 10.1. The van der Waals surface area contributed by atoms with Crippen LogP contribution in [0.2, 0.25) is 0 Å². The van der Waals surface area contributed by atoms with Gasteiger partial charge in [-0.05, 0) is 44.5 Å². The maximum Gasteiger partial charge on any atom is 0.235 e. The van der Waals surface area contributed by atoms with Crippen LogP contribution < -0.4 is 5.32 Å². The van der Waals surface area contributed by atoms with E-state index in [9.17, 15) is 10.1 Å². The third-order valence-corrected chi connectivity index (χ3v) is 6.18. The average molecular weight is 458 g/mol. The maximum absolute atomic E-state index is 12.8. The van der Waals surface area contributed by atoms with Gasteiger partial charge in [0, 0.05) is 17.0 Å². The number of thioether (sulfide) groups is 1. The molecule has 0 fully saturated rings. The minimum Gasteiger partial charge on any atom is -0.467 e. The number of rotatable bonds is 7. The largest absolute Gasteiger partial charge is 0.467 e. The van der Waals surface area contributed by atoms with E-state index in [1.165, 1.54) is 11.8 Å². The number of aryl methyl sites for hydroxylation is 1. The van der Waals surface area contributed by atoms with Crippen molar-refractivity contribution in [3.8, 4) is 17.3 Å². The number of nitrogens with one attached hydrogen (secondary N) is 1. The Morgan fingerprint density at radius 1 is 1.15 bits per heavy atom. The van der Waals surface area contributed by atoms with Crippen molar-refractivity contribution in [3.05, 3.63) is 83.1 Å². The lowest BCUT2D eigenvalue weighted by Gasteiger charge is -2.12. The molecule has 33 heavy (non-hydrogen) atoms. The SMILES string of the molecule is Cc1cc(-c2ccccc2)nc(SCC(=O)Nc2c(C#N)c(C)c(C)n2Cc2ccco2)n1. The van der Waals surface area contributed by atoms with Gasteiger partial charge in [-0.25, -0.2) is 9.97 Å². The molecule has 0 radical (unpaired) electrons. The number of aromatic nitrogens is 3. The molecule has 3 heterocycles. The van der Waals surface area contributed by atoms with Gasteiger partial charge < -0.3 is 14.3 Å². The second-order valence-electron chi connectivity index (χ2n) is 7.59. The van der Waals surface area contributed by atoms with Crippen LogP contribution in [0.4, 0.5) is 5.82 Å². The summed E-state index contributed by atoms with van der Waals surface area (Å²) in [5.41, 5.74) is 4.83. The molecule has 0 atom stereocenters. The highest BCUT2D eigenvalue weighted by Gasteiger charge is 2.20. The summed E-state index contributed by atoms with van der Waals surface area (Å²) in [6.07, 6.45) is 1.60. The smallest absolute Gasteiger partial charge is 0.235 e. The molecule has 0 bridgehead atoms. The number of hydrogen-bond acceptors (Lipinski definition) is 6. The van der Waals surface area contributed by atoms with Crippen LogP contribution in [0.1, 0.15) is 28.3 Å². The Labute approximate surface area is 196 Å². The second kappa shape index (κ2) is 9.76. The van der Waals surface area contributed by atoms with Gasteiger partial charge in [0.15, 0.2) is 5.16 Å². The van der Waals surface area contributed by atoms with Crippen molar-refractivity contribution in [2.75, 3.05) is 11.1 Å². The first-order valence-corrected chi connectivity index (χ1v) is 11.4. The molecule has 4 rings (SSSR count). The summed E-state index contributed by atoms with van der Waals surface area (Å²) in [5.74, 6) is 1.10. The molecule has 0 aliphatic carbocycles. The number of carbonyl (C=O) groups is 1. The summed E-state index contributed by atoms with van der Waals surface area (Å²) < 4.78 is 7.36. The first kappa shape index (κ1) is 22.4. The van der Waals surface area contributed by atoms with Crippen LogP contribution in [0.25, 0.3) is 11.3 Å². The highest BCUT2D eigenvalue weighted by Crippen LogP contribution is 2.28. The van der Waals surface area contributed by atoms with Crippen LogP contribution in [-0.4, -0.2) is 26.2 Å². The first-order chi connectivity index (χ1) is 16.0. The molecule has 0 saturated carbocycles. The zero-order valence-electron chi connectivity index (χ0n) is 18.6. The predicted molar refractivity (Wildman–Crippen MR) is 128 cm³/mol. The summed E-state index contributed by atoms with van der Waals surface area (Å²) in [5, 5.41) is 13.1. The van der Waals surface area contributed by atoms with Crippen molar-refractivity contribution in [3.63, 3.8) is 0 Å². The number of benzene rings is 1. The van der Waals surface area contributed by atoms with Gasteiger partial charge >= 0.3 is 0 Å². The Morgan fingerprint density at radius 3 is 2.64 bits per heavy atom. The molecular weight excluding hydrogens is 434 g/mol. The third-order valence-electron chi connectivity index (χ3n) is 5.33. The first-order valence-electron chi connectivity index (χ1n) is 10.4. The Balaban J connectivity index is 1.52. The van der Waals surface area contributed by atoms with Crippen molar-refractivity contribution in [2.24, 2.45) is 0 Å². The van der Waals surface area contributed by atoms with Gasteiger partial charge in [0.2, 0.25) is 5.91 Å². The Bertz CT molecular complexity index is 1320. The number of furan rings is 1. The molecule has 7 nitrogen and oxygen atoms in total. The molecule has 1 aromatic carbocycles. The zero-order chi connectivity index (χ0) is 23.4. The van der Waals surface area contributed by atoms with Crippen LogP contribution in [-0.2, 0) is 11.3 Å². The summed E-state index contributed by atoms with van der Waals surface area (Å²) >= 11 is 1.26. The second-order valence-corrected chi connectivity index (χ2v) is 8.53. The molecular formula is C25H23N5O2S. The fourth-order valence-corrected chi connectivity index (χ4v) is 4.25. The highest BCUT2D eigenvalue weighted by molar-refractivity contribution is 7.99. The van der Waals surface area contributed by atoms with Crippen molar-refractivity contribution in [1.82, 2.24) is 14.5 Å². The Kier molecular flexibility index (Phi) is 6.61. The van der Waals surface area contributed by atoms with Gasteiger partial charge in [-0.1, -0.05) is 42.1 Å². The summed E-state index contributed by atoms with van der Waals surface area (Å²) in [7, 11) is 0. The van der Waals surface area contributed by atoms with E-state index in [2.05, 4.69) is 21.4 Å². The van der Waals surface area contributed by atoms with E-state index in [0.29, 0.717) is 23.1 Å². The number of hydrogen-bond donors (Lipinski definition) is 1. The van der Waals surface area contributed by atoms with Gasteiger partial charge in [0.25, 0.3) is 0 Å². The molecule has 0 spiro atoms. The monoisotopic (exact) mass is 457 g/mol. The number of nitriles is 1. The third kappa shape index (κ3) is 4.99. The van der Waals surface area contributed by atoms with E-state index in [1.54, 1.807) is 6.26 Å². The van der Waals surface area contributed by atoms with Gasteiger partial charge in [0.05, 0.1) is 29.8 Å². The minimum atomic E-state index is -0.235. The van der Waals surface area contributed by atoms with Crippen LogP contribution in [0.15, 0.2) is 64.4 Å². The van der Waals surface area contributed by atoms with Gasteiger partial charge in [0.1, 0.15) is 17.6 Å². The number of anilines is 1. The van der Waals surface area contributed by atoms with Crippen LogP contribution >= 0.6 is 11.8 Å². The lowest BCUT2D eigenvalue weighted by Crippen LogP contribution is -2.18. The topological polar surface area (TPSA) is 96.7 Å². The standard InChI is InChI=1S/C25H23N5O2S/c1-16-12-22(19-8-5-4-6-9-19)28-25(27-16)33-15-23(31)29-24-21(13-26)17(2)18(3)30(24)14-20-10-7-11-32-20/h4-12H,14-15H2,1-3H3,(H,29,31). The van der Waals surface area contributed by atoms with Crippen LogP contribution in [0, 0.1) is 32.1 Å². The molecule has 3 aromatic heterocycles. The Morgan fingerprint density at radius 2 is 1.94 bits per heavy atom. The molecule has 0 aliphatic heterocycles. The molecule has 0 aliphatic rings. The fraction of sp³-hybridized carbons (Fsp3) is 0.200. The van der Waals surface area contributed by atoms with E-state index in [-0.39, 0.29) is 11.7 Å². The van der Waals surface area contributed by atoms with Gasteiger partial charge in [-0.2, -0.15) is 5.26 Å². The lowest BCUT2D eigenvalue weighted by molar-refractivity contribution is -0.113. The number of nitrogens with zero attached hydrogens (tertiary/aromatic N) is 4. The van der Waals surface area contributed by atoms with Gasteiger partial charge in [-0.3, -0.25) is 4.79 Å². The van der Waals surface area contributed by atoms with Crippen molar-refractivity contribution < 1.29 is 9.21 Å². The molecule has 0 saturated heterocycles. The molecule has 8 heteroatoms. The Hall–Kier alpha value is -3.83. The highest BCUT2D eigenvalue weighted by atomic mass is 32.2. The van der Waals surface area contributed by atoms with E-state index >= 15 is 0 Å². The van der Waals surface area contributed by atoms with Crippen molar-refractivity contribution in [2.45, 2.75) is 32.5 Å². The molecule has 1 N–H and O–H groups in total. The van der Waals surface area contributed by atoms with E-state index in [0.717, 1.165) is 34.0 Å². The zero-order valence-corrected chi connectivity index (χ0v) is 19.4. The van der Waals surface area contributed by atoms with Crippen LogP contribution in [0.5, 0.6) is 0 Å². The quantitative estimate of drug-likeness (QED) is 0.306. The molecule has 4 aromatic rings. The fourth-order valence-electron chi connectivity index (χ4n) is 3.55. The van der Waals surface area contributed by atoms with E-state index in [1.807, 2.05) is 73.9 Å². The molecule has 166 valence electrons. The molecule has 1 amide bonds. The average Bonchev–Trinajstić information content (AvgIpc) is 3.41. The number of amides is 1. The summed E-state index contributed by atoms with van der Waals surface area (Å²) in [6.45, 7) is 6.13. The van der Waals surface area contributed by atoms with E-state index in [4.69, 9.17) is 4.42 Å². The van der Waals surface area contributed by atoms with E-state index < -0.39 is 0 Å². The van der Waals surface area contributed by atoms with Crippen molar-refractivity contribution in [1.29, 1.82) is 5.26 Å². The van der Waals surface area contributed by atoms with Crippen molar-refractivity contribution >= 4 is 23.5 Å². The minimum absolute atomic E-state index is 0.118. The molecule has 0 unspecified atom stereocenters. The number of carbonyl (C=O) groups excluding carboxylic acids is 1. The van der Waals surface area contributed by atoms with Crippen LogP contribution in [0.3, 0.4) is 0 Å². The predicted octanol–water partition coefficient (Wildman–Crippen LogP) is 5.11. The van der Waals surface area contributed by atoms with Gasteiger partial charge in [-0.15, -0.1) is 0 Å². The normalized spacial score (nSPS) is 10.7. The summed E-state index contributed by atoms with van der Waals surface area (Å²) in [6, 6.07) is 17.7.